The van der Waals surface area contributed by atoms with Crippen molar-refractivity contribution in [2.45, 2.75) is 6.54 Å². The molecule has 3 rings (SSSR count). The molecule has 1 aromatic carbocycles. The minimum atomic E-state index is 0.705. The van der Waals surface area contributed by atoms with Crippen LogP contribution in [0.3, 0.4) is 0 Å². The van der Waals surface area contributed by atoms with Crippen LogP contribution in [0.1, 0.15) is 5.56 Å². The highest BCUT2D eigenvalue weighted by molar-refractivity contribution is 6.30. The Bertz CT molecular complexity index is 677. The number of rotatable bonds is 4. The van der Waals surface area contributed by atoms with Gasteiger partial charge < -0.3 is 5.32 Å². The summed E-state index contributed by atoms with van der Waals surface area (Å²) in [7, 11) is 0. The van der Waals surface area contributed by atoms with Crippen molar-refractivity contribution in [3.8, 4) is 11.4 Å². The summed E-state index contributed by atoms with van der Waals surface area (Å²) in [6, 6.07) is 15.5. The molecule has 2 N–H and O–H groups in total. The second-order valence-electron chi connectivity index (χ2n) is 4.36. The lowest BCUT2D eigenvalue weighted by Crippen LogP contribution is -2.01. The van der Waals surface area contributed by atoms with E-state index in [1.807, 2.05) is 48.5 Å². The van der Waals surface area contributed by atoms with Gasteiger partial charge in [-0.25, -0.2) is 4.98 Å². The zero-order valence-corrected chi connectivity index (χ0v) is 11.4. The van der Waals surface area contributed by atoms with Crippen LogP contribution >= 0.6 is 11.6 Å². The number of anilines is 1. The molecule has 0 aliphatic carbocycles. The van der Waals surface area contributed by atoms with Crippen LogP contribution in [0, 0.1) is 0 Å². The molecule has 0 bridgehead atoms. The molecule has 0 saturated carbocycles. The van der Waals surface area contributed by atoms with E-state index in [1.54, 1.807) is 6.20 Å². The molecule has 3 aromatic rings. The normalized spacial score (nSPS) is 10.4. The molecule has 0 aliphatic heterocycles. The number of pyridine rings is 1. The van der Waals surface area contributed by atoms with Gasteiger partial charge in [0.2, 0.25) is 0 Å². The number of nitrogens with one attached hydrogen (secondary N) is 2. The summed E-state index contributed by atoms with van der Waals surface area (Å²) in [6.07, 6.45) is 1.71. The Balaban J connectivity index is 1.72. The van der Waals surface area contributed by atoms with Crippen molar-refractivity contribution in [3.63, 3.8) is 0 Å². The fraction of sp³-hybridized carbons (Fsp3) is 0.0667. The molecule has 20 heavy (non-hydrogen) atoms. The third-order valence-electron chi connectivity index (χ3n) is 2.91. The highest BCUT2D eigenvalue weighted by Gasteiger charge is 2.02. The van der Waals surface area contributed by atoms with Gasteiger partial charge >= 0.3 is 0 Å². The summed E-state index contributed by atoms with van der Waals surface area (Å²) in [5.74, 6) is 0.826. The number of nitrogens with zero attached hydrogens (tertiary/aromatic N) is 2. The summed E-state index contributed by atoms with van der Waals surface area (Å²) in [4.78, 5) is 4.54. The van der Waals surface area contributed by atoms with E-state index in [4.69, 9.17) is 11.6 Å². The fourth-order valence-corrected chi connectivity index (χ4v) is 2.00. The van der Waals surface area contributed by atoms with Crippen molar-refractivity contribution in [2.75, 3.05) is 5.32 Å². The van der Waals surface area contributed by atoms with E-state index < -0.39 is 0 Å². The van der Waals surface area contributed by atoms with Crippen LogP contribution in [-0.2, 0) is 6.54 Å². The fourth-order valence-electron chi connectivity index (χ4n) is 1.88. The Labute approximate surface area is 121 Å². The van der Waals surface area contributed by atoms with Crippen LogP contribution in [0.25, 0.3) is 11.4 Å². The standard InChI is InChI=1S/C15H13ClN4/c16-12-6-4-11(5-7-12)10-17-15-3-1-2-13(19-15)14-8-9-18-20-14/h1-9H,10H2,(H,17,19)(H,18,20). The molecule has 4 nitrogen and oxygen atoms in total. The van der Waals surface area contributed by atoms with Gasteiger partial charge in [-0.05, 0) is 35.9 Å². The van der Waals surface area contributed by atoms with Crippen molar-refractivity contribution < 1.29 is 0 Å². The summed E-state index contributed by atoms with van der Waals surface area (Å²) < 4.78 is 0. The van der Waals surface area contributed by atoms with Gasteiger partial charge in [0, 0.05) is 17.8 Å². The first-order valence-electron chi connectivity index (χ1n) is 6.26. The summed E-state index contributed by atoms with van der Waals surface area (Å²) in [6.45, 7) is 0.705. The molecule has 100 valence electrons. The van der Waals surface area contributed by atoms with Crippen LogP contribution < -0.4 is 5.32 Å². The second-order valence-corrected chi connectivity index (χ2v) is 4.79. The van der Waals surface area contributed by atoms with Gasteiger partial charge in [-0.1, -0.05) is 29.8 Å². The van der Waals surface area contributed by atoms with E-state index in [9.17, 15) is 0 Å². The van der Waals surface area contributed by atoms with Crippen LogP contribution in [0.4, 0.5) is 5.82 Å². The largest absolute Gasteiger partial charge is 0.366 e. The topological polar surface area (TPSA) is 53.6 Å². The number of benzene rings is 1. The monoisotopic (exact) mass is 284 g/mol. The van der Waals surface area contributed by atoms with Crippen LogP contribution in [-0.4, -0.2) is 15.2 Å². The van der Waals surface area contributed by atoms with Crippen molar-refractivity contribution >= 4 is 17.4 Å². The van der Waals surface area contributed by atoms with Gasteiger partial charge in [0.05, 0.1) is 11.4 Å². The van der Waals surface area contributed by atoms with Crippen LogP contribution in [0.15, 0.2) is 54.7 Å². The van der Waals surface area contributed by atoms with E-state index in [2.05, 4.69) is 20.5 Å². The number of hydrogen-bond donors (Lipinski definition) is 2. The lowest BCUT2D eigenvalue weighted by molar-refractivity contribution is 1.08. The van der Waals surface area contributed by atoms with Crippen molar-refractivity contribution in [2.24, 2.45) is 0 Å². The van der Waals surface area contributed by atoms with Crippen LogP contribution in [0.5, 0.6) is 0 Å². The third-order valence-corrected chi connectivity index (χ3v) is 3.16. The first kappa shape index (κ1) is 12.7. The number of hydrogen-bond acceptors (Lipinski definition) is 3. The molecule has 0 radical (unpaired) electrons. The molecule has 5 heteroatoms. The SMILES string of the molecule is Clc1ccc(CNc2cccc(-c3ccn[nH]3)n2)cc1. The molecule has 0 aliphatic rings. The molecule has 2 aromatic heterocycles. The summed E-state index contributed by atoms with van der Waals surface area (Å²) >= 11 is 5.86. The predicted molar refractivity (Wildman–Crippen MR) is 80.6 cm³/mol. The smallest absolute Gasteiger partial charge is 0.126 e. The van der Waals surface area contributed by atoms with Gasteiger partial charge in [-0.15, -0.1) is 0 Å². The maximum Gasteiger partial charge on any atom is 0.126 e. The van der Waals surface area contributed by atoms with E-state index >= 15 is 0 Å². The van der Waals surface area contributed by atoms with E-state index in [1.165, 1.54) is 0 Å². The highest BCUT2D eigenvalue weighted by atomic mass is 35.5. The Kier molecular flexibility index (Phi) is 3.65. The Morgan fingerprint density at radius 3 is 2.65 bits per heavy atom. The average Bonchev–Trinajstić information content (AvgIpc) is 3.01. The predicted octanol–water partition coefficient (Wildman–Crippen LogP) is 3.74. The third kappa shape index (κ3) is 2.97. The highest BCUT2D eigenvalue weighted by Crippen LogP contribution is 2.16. The first-order valence-corrected chi connectivity index (χ1v) is 6.64. The molecule has 0 amide bonds. The summed E-state index contributed by atoms with van der Waals surface area (Å²) in [5.41, 5.74) is 2.92. The Hall–Kier alpha value is -2.33. The maximum atomic E-state index is 5.86. The number of H-pyrrole nitrogens is 1. The van der Waals surface area contributed by atoms with Gasteiger partial charge in [0.1, 0.15) is 5.82 Å². The van der Waals surface area contributed by atoms with Gasteiger partial charge in [-0.2, -0.15) is 5.10 Å². The minimum Gasteiger partial charge on any atom is -0.366 e. The van der Waals surface area contributed by atoms with Crippen LogP contribution in [0.2, 0.25) is 5.02 Å². The van der Waals surface area contributed by atoms with E-state index in [-0.39, 0.29) is 0 Å². The zero-order valence-electron chi connectivity index (χ0n) is 10.7. The molecule has 2 heterocycles. The van der Waals surface area contributed by atoms with Gasteiger partial charge in [0.15, 0.2) is 0 Å². The Morgan fingerprint density at radius 2 is 1.90 bits per heavy atom. The van der Waals surface area contributed by atoms with Crippen molar-refractivity contribution in [1.82, 2.24) is 15.2 Å². The molecule has 0 saturated heterocycles. The number of aromatic nitrogens is 3. The average molecular weight is 285 g/mol. The molecule has 0 fully saturated rings. The molecule has 0 spiro atoms. The van der Waals surface area contributed by atoms with E-state index in [0.717, 1.165) is 27.8 Å². The zero-order chi connectivity index (χ0) is 13.8. The Morgan fingerprint density at radius 1 is 1.05 bits per heavy atom. The molecule has 0 unspecified atom stereocenters. The van der Waals surface area contributed by atoms with Crippen molar-refractivity contribution in [1.29, 1.82) is 0 Å². The number of aromatic amines is 1. The first-order chi connectivity index (χ1) is 9.81. The second kappa shape index (κ2) is 5.75. The minimum absolute atomic E-state index is 0.705. The molecular weight excluding hydrogens is 272 g/mol. The lowest BCUT2D eigenvalue weighted by Gasteiger charge is -2.07. The van der Waals surface area contributed by atoms with Gasteiger partial charge in [0.25, 0.3) is 0 Å². The summed E-state index contributed by atoms with van der Waals surface area (Å²) in [5, 5.41) is 10.9. The molecule has 0 atom stereocenters. The molecular formula is C15H13ClN4. The maximum absolute atomic E-state index is 5.86. The van der Waals surface area contributed by atoms with Gasteiger partial charge in [-0.3, -0.25) is 5.10 Å². The lowest BCUT2D eigenvalue weighted by atomic mass is 10.2. The quantitative estimate of drug-likeness (QED) is 0.767. The van der Waals surface area contributed by atoms with E-state index in [0.29, 0.717) is 6.54 Å². The van der Waals surface area contributed by atoms with Crippen molar-refractivity contribution in [3.05, 3.63) is 65.3 Å². The number of halogens is 1.